The van der Waals surface area contributed by atoms with E-state index in [-0.39, 0.29) is 28.3 Å². The molecule has 49 heavy (non-hydrogen) atoms. The van der Waals surface area contributed by atoms with E-state index < -0.39 is 0 Å². The molecule has 4 saturated carbocycles. The Hall–Kier alpha value is -2.42. The van der Waals surface area contributed by atoms with Crippen LogP contribution in [0.25, 0.3) is 5.57 Å². The van der Waals surface area contributed by atoms with E-state index in [1.807, 2.05) is 11.8 Å². The summed E-state index contributed by atoms with van der Waals surface area (Å²) in [6, 6.07) is 4.57. The Bertz CT molecular complexity index is 1660. The van der Waals surface area contributed by atoms with Gasteiger partial charge in [0.25, 0.3) is 0 Å². The van der Waals surface area contributed by atoms with E-state index in [0.717, 1.165) is 60.7 Å². The molecule has 0 aliphatic heterocycles. The van der Waals surface area contributed by atoms with Gasteiger partial charge in [-0.2, -0.15) is 0 Å². The number of carbonyl (C=O) groups excluding carboxylic acids is 1. The summed E-state index contributed by atoms with van der Waals surface area (Å²) in [5, 5.41) is 0. The molecule has 0 aromatic carbocycles. The smallest absolute Gasteiger partial charge is 0.302 e. The molecule has 0 radical (unpaired) electrons. The van der Waals surface area contributed by atoms with Crippen molar-refractivity contribution < 1.29 is 9.53 Å². The SMILES string of the molecule is CC(=O)O[C@H]1CC[C@@]2(C)C(=CCC3C2CC[C@]2(C)C(C4=C(c5cccnc5)[C@@]5(C)CCC6C(CC=C7C[C@@H](C)CC[C@@]76C)C5C4)=CCC32)C1. The van der Waals surface area contributed by atoms with Crippen LogP contribution in [0.1, 0.15) is 137 Å². The van der Waals surface area contributed by atoms with Crippen LogP contribution in [0, 0.1) is 63.1 Å². The quantitative estimate of drug-likeness (QED) is 0.239. The first-order chi connectivity index (χ1) is 23.5. The second-order valence-corrected chi connectivity index (χ2v) is 19.4. The number of fused-ring (bicyclic) bond motifs is 10. The summed E-state index contributed by atoms with van der Waals surface area (Å²) in [5.74, 6) is 5.28. The summed E-state index contributed by atoms with van der Waals surface area (Å²) in [7, 11) is 0. The summed E-state index contributed by atoms with van der Waals surface area (Å²) in [6.45, 7) is 14.7. The predicted molar refractivity (Wildman–Crippen MR) is 198 cm³/mol. The molecule has 1 aromatic heterocycles. The molecular weight excluding hydrogens is 599 g/mol. The largest absolute Gasteiger partial charge is 0.462 e. The number of pyridine rings is 1. The third-order valence-corrected chi connectivity index (χ3v) is 17.3. The van der Waals surface area contributed by atoms with Crippen molar-refractivity contribution in [2.45, 2.75) is 138 Å². The van der Waals surface area contributed by atoms with Crippen molar-refractivity contribution in [1.82, 2.24) is 4.98 Å². The normalized spacial score (nSPS) is 46.9. The highest BCUT2D eigenvalue weighted by molar-refractivity contribution is 5.80. The molecule has 0 amide bonds. The van der Waals surface area contributed by atoms with Crippen LogP contribution in [0.3, 0.4) is 0 Å². The number of aromatic nitrogens is 1. The van der Waals surface area contributed by atoms with E-state index in [0.29, 0.717) is 5.41 Å². The fourth-order valence-electron chi connectivity index (χ4n) is 14.8. The van der Waals surface area contributed by atoms with Crippen molar-refractivity contribution in [3.8, 4) is 0 Å². The average molecular weight is 660 g/mol. The van der Waals surface area contributed by atoms with Gasteiger partial charge in [0.15, 0.2) is 0 Å². The molecule has 8 aliphatic rings. The minimum atomic E-state index is -0.125. The van der Waals surface area contributed by atoms with Crippen LogP contribution in [-0.4, -0.2) is 17.1 Å². The van der Waals surface area contributed by atoms with Gasteiger partial charge in [0, 0.05) is 25.7 Å². The summed E-state index contributed by atoms with van der Waals surface area (Å²) in [4.78, 5) is 16.5. The van der Waals surface area contributed by atoms with E-state index in [1.165, 1.54) is 76.2 Å². The Morgan fingerprint density at radius 2 is 1.39 bits per heavy atom. The highest BCUT2D eigenvalue weighted by atomic mass is 16.5. The number of nitrogens with zero attached hydrogens (tertiary/aromatic N) is 1. The molecule has 9 rings (SSSR count). The molecule has 1 aromatic rings. The van der Waals surface area contributed by atoms with Crippen molar-refractivity contribution in [2.75, 3.05) is 0 Å². The van der Waals surface area contributed by atoms with Crippen LogP contribution < -0.4 is 0 Å². The number of hydrogen-bond acceptors (Lipinski definition) is 3. The standard InChI is InChI=1S/C46H61NO2/c1-28-15-19-43(3)31(24-28)9-12-35-40(43)18-22-46(6)41(35)26-36(42(46)30-8-7-23-47-27-30)38-14-13-37-34-11-10-32-25-33(49-29(2)48)16-20-44(32,4)39(34)17-21-45(37,38)5/h7-10,14,23,27-28,33-35,37,39-41H,11-13,15-22,24-26H2,1-6H3/t28-,33-,34?,35?,37?,39?,40?,41?,43-,44-,45-,46-/m0/s1. The van der Waals surface area contributed by atoms with Gasteiger partial charge in [0.1, 0.15) is 6.10 Å². The molecule has 262 valence electrons. The average Bonchev–Trinajstić information content (AvgIpc) is 3.59. The van der Waals surface area contributed by atoms with E-state index in [1.54, 1.807) is 29.2 Å². The fourth-order valence-corrected chi connectivity index (χ4v) is 14.8. The van der Waals surface area contributed by atoms with Gasteiger partial charge in [-0.05, 0) is 175 Å². The minimum absolute atomic E-state index is 0.0715. The second kappa shape index (κ2) is 11.3. The van der Waals surface area contributed by atoms with Crippen molar-refractivity contribution in [3.05, 3.63) is 70.6 Å². The molecule has 3 nitrogen and oxygen atoms in total. The van der Waals surface area contributed by atoms with Crippen LogP contribution in [0.5, 0.6) is 0 Å². The highest BCUT2D eigenvalue weighted by Crippen LogP contribution is 2.72. The monoisotopic (exact) mass is 659 g/mol. The number of ether oxygens (including phenoxy) is 1. The van der Waals surface area contributed by atoms with Gasteiger partial charge in [-0.25, -0.2) is 0 Å². The molecule has 8 aliphatic carbocycles. The molecule has 1 heterocycles. The second-order valence-electron chi connectivity index (χ2n) is 19.4. The molecule has 0 spiro atoms. The van der Waals surface area contributed by atoms with Crippen LogP contribution in [-0.2, 0) is 9.53 Å². The van der Waals surface area contributed by atoms with Gasteiger partial charge in [0.2, 0.25) is 0 Å². The first-order valence-corrected chi connectivity index (χ1v) is 20.4. The first kappa shape index (κ1) is 32.5. The lowest BCUT2D eigenvalue weighted by Gasteiger charge is -2.58. The van der Waals surface area contributed by atoms with Gasteiger partial charge < -0.3 is 4.74 Å². The number of rotatable bonds is 3. The van der Waals surface area contributed by atoms with Gasteiger partial charge >= 0.3 is 5.97 Å². The summed E-state index contributed by atoms with van der Waals surface area (Å²) in [5.41, 5.74) is 11.1. The Morgan fingerprint density at radius 3 is 2.08 bits per heavy atom. The number of esters is 1. The highest BCUT2D eigenvalue weighted by Gasteiger charge is 2.61. The lowest BCUT2D eigenvalue weighted by molar-refractivity contribution is -0.148. The lowest BCUT2D eigenvalue weighted by Crippen LogP contribution is -2.50. The molecule has 6 unspecified atom stereocenters. The molecule has 0 bridgehead atoms. The van der Waals surface area contributed by atoms with E-state index in [9.17, 15) is 4.79 Å². The molecule has 0 N–H and O–H groups in total. The van der Waals surface area contributed by atoms with Crippen molar-refractivity contribution >= 4 is 11.5 Å². The summed E-state index contributed by atoms with van der Waals surface area (Å²) >= 11 is 0. The van der Waals surface area contributed by atoms with Crippen LogP contribution >= 0.6 is 0 Å². The molecule has 3 heteroatoms. The Morgan fingerprint density at radius 1 is 0.735 bits per heavy atom. The molecule has 4 fully saturated rings. The van der Waals surface area contributed by atoms with Crippen molar-refractivity contribution in [2.24, 2.45) is 63.1 Å². The third-order valence-electron chi connectivity index (χ3n) is 17.3. The maximum atomic E-state index is 11.8. The lowest BCUT2D eigenvalue weighted by atomic mass is 9.47. The topological polar surface area (TPSA) is 39.2 Å². The Labute approximate surface area is 296 Å². The van der Waals surface area contributed by atoms with Gasteiger partial charge in [-0.1, -0.05) is 70.1 Å². The zero-order chi connectivity index (χ0) is 33.9. The van der Waals surface area contributed by atoms with Gasteiger partial charge in [-0.15, -0.1) is 0 Å². The Balaban J connectivity index is 1.05. The van der Waals surface area contributed by atoms with Crippen molar-refractivity contribution in [3.63, 3.8) is 0 Å². The zero-order valence-corrected chi connectivity index (χ0v) is 31.3. The number of hydrogen-bond donors (Lipinski definition) is 0. The van der Waals surface area contributed by atoms with E-state index >= 15 is 0 Å². The minimum Gasteiger partial charge on any atom is -0.462 e. The third kappa shape index (κ3) is 4.64. The van der Waals surface area contributed by atoms with Gasteiger partial charge in [-0.3, -0.25) is 9.78 Å². The summed E-state index contributed by atoms with van der Waals surface area (Å²) in [6.07, 6.45) is 30.0. The van der Waals surface area contributed by atoms with Gasteiger partial charge in [0.05, 0.1) is 0 Å². The molecular formula is C46H61NO2. The van der Waals surface area contributed by atoms with Crippen LogP contribution in [0.15, 0.2) is 65.0 Å². The predicted octanol–water partition coefficient (Wildman–Crippen LogP) is 11.5. The molecule has 12 atom stereocenters. The molecule has 0 saturated heterocycles. The maximum absolute atomic E-state index is 11.8. The maximum Gasteiger partial charge on any atom is 0.302 e. The van der Waals surface area contributed by atoms with E-state index in [4.69, 9.17) is 9.72 Å². The summed E-state index contributed by atoms with van der Waals surface area (Å²) < 4.78 is 5.74. The van der Waals surface area contributed by atoms with Crippen LogP contribution in [0.2, 0.25) is 0 Å². The number of carbonyl (C=O) groups is 1. The zero-order valence-electron chi connectivity index (χ0n) is 31.3. The first-order valence-electron chi connectivity index (χ1n) is 20.4. The number of allylic oxidation sites excluding steroid dienone is 7. The fraction of sp³-hybridized carbons (Fsp3) is 0.696. The van der Waals surface area contributed by atoms with E-state index in [2.05, 4.69) is 71.2 Å². The van der Waals surface area contributed by atoms with Crippen LogP contribution in [0.4, 0.5) is 0 Å². The van der Waals surface area contributed by atoms with Crippen molar-refractivity contribution in [1.29, 1.82) is 0 Å². The Kier molecular flexibility index (Phi) is 7.48.